The van der Waals surface area contributed by atoms with Gasteiger partial charge in [-0.25, -0.2) is 0 Å². The molecular formula is C22H26N3O+. The average molecular weight is 348 g/mol. The average Bonchev–Trinajstić information content (AvgIpc) is 2.69. The normalized spacial score (nSPS) is 20.8. The van der Waals surface area contributed by atoms with Gasteiger partial charge in [-0.05, 0) is 49.8 Å². The number of carbonyl (C=O) groups excluding carboxylic acids is 1. The molecule has 1 amide bonds. The van der Waals surface area contributed by atoms with Crippen LogP contribution < -0.4 is 10.2 Å². The fraction of sp³-hybridized carbons (Fsp3) is 0.364. The van der Waals surface area contributed by atoms with Crippen LogP contribution in [0.5, 0.6) is 0 Å². The zero-order valence-electron chi connectivity index (χ0n) is 15.2. The van der Waals surface area contributed by atoms with Gasteiger partial charge in [-0.15, -0.1) is 0 Å². The van der Waals surface area contributed by atoms with E-state index in [1.807, 2.05) is 13.0 Å². The highest BCUT2D eigenvalue weighted by Gasteiger charge is 2.30. The third-order valence-electron chi connectivity index (χ3n) is 5.43. The molecule has 0 radical (unpaired) electrons. The number of amides is 1. The summed E-state index contributed by atoms with van der Waals surface area (Å²) in [4.78, 5) is 13.9. The van der Waals surface area contributed by atoms with Crippen LogP contribution in [0.1, 0.15) is 30.9 Å². The van der Waals surface area contributed by atoms with Crippen molar-refractivity contribution in [2.24, 2.45) is 5.92 Å². The first-order valence-corrected chi connectivity index (χ1v) is 9.36. The van der Waals surface area contributed by atoms with Gasteiger partial charge >= 0.3 is 0 Å². The van der Waals surface area contributed by atoms with Gasteiger partial charge < -0.3 is 10.2 Å². The lowest BCUT2D eigenvalue weighted by Gasteiger charge is -2.32. The minimum atomic E-state index is -0.112. The lowest BCUT2D eigenvalue weighted by molar-refractivity contribution is -0.919. The van der Waals surface area contributed by atoms with Crippen molar-refractivity contribution in [1.82, 2.24) is 0 Å². The number of quaternary nitrogens is 1. The van der Waals surface area contributed by atoms with E-state index < -0.39 is 0 Å². The maximum atomic E-state index is 12.6. The molecule has 1 heterocycles. The Morgan fingerprint density at radius 1 is 1.15 bits per heavy atom. The van der Waals surface area contributed by atoms with Crippen LogP contribution >= 0.6 is 0 Å². The molecule has 1 saturated heterocycles. The van der Waals surface area contributed by atoms with Crippen molar-refractivity contribution in [1.29, 1.82) is 5.26 Å². The van der Waals surface area contributed by atoms with Crippen molar-refractivity contribution in [3.8, 4) is 6.07 Å². The first kappa shape index (κ1) is 18.2. The van der Waals surface area contributed by atoms with Crippen LogP contribution in [0.15, 0.2) is 54.6 Å². The molecule has 3 rings (SSSR count). The maximum absolute atomic E-state index is 12.6. The molecule has 2 aromatic carbocycles. The predicted molar refractivity (Wildman–Crippen MR) is 103 cm³/mol. The van der Waals surface area contributed by atoms with Crippen LogP contribution in [0.2, 0.25) is 0 Å². The number of rotatable bonds is 5. The molecule has 1 aliphatic heterocycles. The van der Waals surface area contributed by atoms with E-state index in [4.69, 9.17) is 5.26 Å². The van der Waals surface area contributed by atoms with Crippen molar-refractivity contribution < 1.29 is 9.69 Å². The van der Waals surface area contributed by atoms with Gasteiger partial charge in [0.05, 0.1) is 24.3 Å². The number of hydrogen-bond acceptors (Lipinski definition) is 2. The number of piperidine rings is 1. The van der Waals surface area contributed by atoms with E-state index in [-0.39, 0.29) is 11.9 Å². The molecule has 1 aliphatic rings. The van der Waals surface area contributed by atoms with E-state index in [1.165, 1.54) is 10.5 Å². The SMILES string of the molecule is C[C@@H](C(=O)Nc1ccccc1C#N)[NH+]1CCC(Cc2ccccc2)CC1. The van der Waals surface area contributed by atoms with E-state index in [0.717, 1.165) is 32.4 Å². The number of carbonyl (C=O) groups is 1. The summed E-state index contributed by atoms with van der Waals surface area (Å²) in [7, 11) is 0. The monoisotopic (exact) mass is 348 g/mol. The quantitative estimate of drug-likeness (QED) is 0.872. The van der Waals surface area contributed by atoms with Gasteiger partial charge in [0.15, 0.2) is 6.04 Å². The highest BCUT2D eigenvalue weighted by atomic mass is 16.2. The van der Waals surface area contributed by atoms with Crippen LogP contribution in [0.25, 0.3) is 0 Å². The molecule has 0 aliphatic carbocycles. The van der Waals surface area contributed by atoms with Crippen LogP contribution in [0.4, 0.5) is 5.69 Å². The summed E-state index contributed by atoms with van der Waals surface area (Å²) < 4.78 is 0. The van der Waals surface area contributed by atoms with Crippen molar-refractivity contribution in [2.75, 3.05) is 18.4 Å². The minimum Gasteiger partial charge on any atom is -0.325 e. The molecule has 1 atom stereocenters. The zero-order valence-corrected chi connectivity index (χ0v) is 15.2. The number of hydrogen-bond donors (Lipinski definition) is 2. The van der Waals surface area contributed by atoms with E-state index in [0.29, 0.717) is 17.2 Å². The largest absolute Gasteiger partial charge is 0.325 e. The molecule has 134 valence electrons. The third-order valence-corrected chi connectivity index (χ3v) is 5.43. The summed E-state index contributed by atoms with van der Waals surface area (Å²) in [6.07, 6.45) is 3.43. The number of likely N-dealkylation sites (tertiary alicyclic amines) is 1. The Bertz CT molecular complexity index is 773. The van der Waals surface area contributed by atoms with Crippen LogP contribution in [-0.2, 0) is 11.2 Å². The van der Waals surface area contributed by atoms with Crippen LogP contribution in [0, 0.1) is 17.2 Å². The van der Waals surface area contributed by atoms with Gasteiger partial charge in [0, 0.05) is 0 Å². The summed E-state index contributed by atoms with van der Waals surface area (Å²) in [6, 6.07) is 19.8. The fourth-order valence-electron chi connectivity index (χ4n) is 3.75. The molecule has 4 heteroatoms. The van der Waals surface area contributed by atoms with Gasteiger partial charge in [0.2, 0.25) is 0 Å². The predicted octanol–water partition coefficient (Wildman–Crippen LogP) is 2.42. The molecular weight excluding hydrogens is 322 g/mol. The van der Waals surface area contributed by atoms with Gasteiger partial charge in [-0.3, -0.25) is 4.79 Å². The van der Waals surface area contributed by atoms with Crippen LogP contribution in [-0.4, -0.2) is 25.0 Å². The Morgan fingerprint density at radius 2 is 1.81 bits per heavy atom. The number of benzene rings is 2. The second-order valence-electron chi connectivity index (χ2n) is 7.16. The standard InChI is InChI=1S/C22H25N3O/c1-17(22(26)24-21-10-6-5-9-20(21)16-23)25-13-11-19(12-14-25)15-18-7-3-2-4-8-18/h2-10,17,19H,11-15H2,1H3,(H,24,26)/p+1/t17-/m0/s1. The van der Waals surface area contributed by atoms with E-state index in [9.17, 15) is 4.79 Å². The second-order valence-corrected chi connectivity index (χ2v) is 7.16. The van der Waals surface area contributed by atoms with Crippen molar-refractivity contribution in [3.05, 3.63) is 65.7 Å². The Hall–Kier alpha value is -2.64. The smallest absolute Gasteiger partial charge is 0.282 e. The molecule has 2 aromatic rings. The number of nitriles is 1. The van der Waals surface area contributed by atoms with Crippen molar-refractivity contribution in [3.63, 3.8) is 0 Å². The number of nitrogens with zero attached hydrogens (tertiary/aromatic N) is 1. The van der Waals surface area contributed by atoms with E-state index in [1.54, 1.807) is 18.2 Å². The van der Waals surface area contributed by atoms with Gasteiger partial charge in [0.1, 0.15) is 6.07 Å². The lowest BCUT2D eigenvalue weighted by atomic mass is 9.89. The molecule has 4 nitrogen and oxygen atoms in total. The topological polar surface area (TPSA) is 57.3 Å². The molecule has 0 saturated carbocycles. The summed E-state index contributed by atoms with van der Waals surface area (Å²) in [5.41, 5.74) is 2.51. The fourth-order valence-corrected chi connectivity index (χ4v) is 3.75. The summed E-state index contributed by atoms with van der Waals surface area (Å²) in [5.74, 6) is 0.694. The number of nitrogens with one attached hydrogen (secondary N) is 2. The Kier molecular flexibility index (Phi) is 6.04. The van der Waals surface area contributed by atoms with Crippen LogP contribution in [0.3, 0.4) is 0 Å². The molecule has 0 spiro atoms. The molecule has 0 bridgehead atoms. The first-order valence-electron chi connectivity index (χ1n) is 9.36. The summed E-state index contributed by atoms with van der Waals surface area (Å²) in [6.45, 7) is 4.02. The Balaban J connectivity index is 1.52. The van der Waals surface area contributed by atoms with Gasteiger partial charge in [-0.2, -0.15) is 5.26 Å². The number of para-hydroxylation sites is 1. The highest BCUT2D eigenvalue weighted by Crippen LogP contribution is 2.17. The van der Waals surface area contributed by atoms with Gasteiger partial charge in [-0.1, -0.05) is 42.5 Å². The molecule has 1 fully saturated rings. The zero-order chi connectivity index (χ0) is 18.4. The molecule has 26 heavy (non-hydrogen) atoms. The maximum Gasteiger partial charge on any atom is 0.282 e. The Morgan fingerprint density at radius 3 is 2.50 bits per heavy atom. The minimum absolute atomic E-state index is 0.00999. The summed E-state index contributed by atoms with van der Waals surface area (Å²) in [5, 5.41) is 12.1. The number of anilines is 1. The summed E-state index contributed by atoms with van der Waals surface area (Å²) >= 11 is 0. The Labute approximate surface area is 155 Å². The van der Waals surface area contributed by atoms with Crippen molar-refractivity contribution in [2.45, 2.75) is 32.2 Å². The molecule has 0 unspecified atom stereocenters. The highest BCUT2D eigenvalue weighted by molar-refractivity contribution is 5.94. The second kappa shape index (κ2) is 8.64. The lowest BCUT2D eigenvalue weighted by Crippen LogP contribution is -3.17. The third kappa shape index (κ3) is 4.50. The molecule has 2 N–H and O–H groups in total. The first-order chi connectivity index (χ1) is 12.7. The van der Waals surface area contributed by atoms with Crippen molar-refractivity contribution >= 4 is 11.6 Å². The van der Waals surface area contributed by atoms with E-state index in [2.05, 4.69) is 41.7 Å². The van der Waals surface area contributed by atoms with E-state index >= 15 is 0 Å². The van der Waals surface area contributed by atoms with Gasteiger partial charge in [0.25, 0.3) is 5.91 Å². The molecule has 0 aromatic heterocycles.